The van der Waals surface area contributed by atoms with E-state index in [9.17, 15) is 26.0 Å². The summed E-state index contributed by atoms with van der Waals surface area (Å²) in [7, 11) is -4.02. The zero-order chi connectivity index (χ0) is 27.9. The van der Waals surface area contributed by atoms with Crippen molar-refractivity contribution < 1.29 is 26.0 Å². The van der Waals surface area contributed by atoms with Crippen LogP contribution in [0.25, 0.3) is 11.1 Å². The van der Waals surface area contributed by atoms with Crippen LogP contribution in [-0.4, -0.2) is 13.4 Å². The van der Waals surface area contributed by atoms with E-state index < -0.39 is 27.7 Å². The maximum absolute atomic E-state index is 13.6. The molecule has 202 valence electrons. The lowest BCUT2D eigenvalue weighted by Crippen LogP contribution is -2.14. The Morgan fingerprint density at radius 2 is 1.64 bits per heavy atom. The van der Waals surface area contributed by atoms with Gasteiger partial charge in [0.2, 0.25) is 5.95 Å². The summed E-state index contributed by atoms with van der Waals surface area (Å²) in [6.45, 7) is 4.11. The lowest BCUT2D eigenvalue weighted by molar-refractivity contribution is -0.137. The molecule has 3 aromatic carbocycles. The molecule has 0 saturated heterocycles. The van der Waals surface area contributed by atoms with Crippen LogP contribution in [0.1, 0.15) is 59.9 Å². The van der Waals surface area contributed by atoms with E-state index in [0.717, 1.165) is 34.4 Å². The minimum atomic E-state index is -4.48. The second kappa shape index (κ2) is 10.1. The fraction of sp³-hybridized carbons (Fsp3) is 0.233. The molecule has 5 rings (SSSR count). The molecule has 0 fully saturated rings. The molecule has 1 atom stereocenters. The number of halogens is 4. The summed E-state index contributed by atoms with van der Waals surface area (Å²) in [4.78, 5) is 3.55. The number of rotatable bonds is 6. The highest BCUT2D eigenvalue weighted by Gasteiger charge is 2.33. The second-order valence-electron chi connectivity index (χ2n) is 9.98. The van der Waals surface area contributed by atoms with Gasteiger partial charge >= 0.3 is 6.18 Å². The van der Waals surface area contributed by atoms with Crippen LogP contribution >= 0.6 is 0 Å². The highest BCUT2D eigenvalue weighted by Crippen LogP contribution is 2.44. The van der Waals surface area contributed by atoms with Gasteiger partial charge in [0.15, 0.2) is 0 Å². The first-order valence-electron chi connectivity index (χ1n) is 12.5. The smallest absolute Gasteiger partial charge is 0.263 e. The van der Waals surface area contributed by atoms with Crippen LogP contribution in [0.5, 0.6) is 0 Å². The van der Waals surface area contributed by atoms with Crippen molar-refractivity contribution >= 4 is 15.8 Å². The SMILES string of the molecule is CC(C)c1ccc(-c2cc(C(F)(F)F)ccc2C2CCc3cc(S(=O)(=O)Nc4cccc(F)n4)ccc32)cc1. The third-order valence-corrected chi connectivity index (χ3v) is 8.45. The molecule has 1 unspecified atom stereocenters. The van der Waals surface area contributed by atoms with Gasteiger partial charge in [-0.2, -0.15) is 17.6 Å². The largest absolute Gasteiger partial charge is 0.416 e. The summed E-state index contributed by atoms with van der Waals surface area (Å²) < 4.78 is 82.5. The van der Waals surface area contributed by atoms with Crippen molar-refractivity contribution in [3.8, 4) is 11.1 Å². The van der Waals surface area contributed by atoms with Crippen LogP contribution in [0.2, 0.25) is 0 Å². The minimum Gasteiger partial charge on any atom is -0.263 e. The number of sulfonamides is 1. The summed E-state index contributed by atoms with van der Waals surface area (Å²) in [6.07, 6.45) is -3.29. The molecule has 1 aliphatic rings. The van der Waals surface area contributed by atoms with E-state index >= 15 is 0 Å². The van der Waals surface area contributed by atoms with Crippen LogP contribution in [0, 0.1) is 5.95 Å². The summed E-state index contributed by atoms with van der Waals surface area (Å²) in [5.41, 5.74) is 4.01. The molecule has 0 saturated carbocycles. The molecule has 1 N–H and O–H groups in total. The van der Waals surface area contributed by atoms with E-state index in [-0.39, 0.29) is 16.6 Å². The number of aryl methyl sites for hydroxylation is 1. The first-order chi connectivity index (χ1) is 18.4. The quantitative estimate of drug-likeness (QED) is 0.195. The Kier molecular flexibility index (Phi) is 6.97. The van der Waals surface area contributed by atoms with E-state index in [2.05, 4.69) is 23.6 Å². The van der Waals surface area contributed by atoms with E-state index in [0.29, 0.717) is 29.9 Å². The molecule has 0 amide bonds. The van der Waals surface area contributed by atoms with Gasteiger partial charge < -0.3 is 0 Å². The van der Waals surface area contributed by atoms with Crippen molar-refractivity contribution in [2.75, 3.05) is 4.72 Å². The molecule has 0 bridgehead atoms. The van der Waals surface area contributed by atoms with Gasteiger partial charge in [-0.3, -0.25) is 4.72 Å². The minimum absolute atomic E-state index is 0.00452. The molecule has 4 aromatic rings. The van der Waals surface area contributed by atoms with Crippen molar-refractivity contribution in [3.63, 3.8) is 0 Å². The van der Waals surface area contributed by atoms with Crippen molar-refractivity contribution in [2.45, 2.75) is 49.6 Å². The van der Waals surface area contributed by atoms with Crippen LogP contribution in [0.4, 0.5) is 23.4 Å². The zero-order valence-electron chi connectivity index (χ0n) is 21.3. The van der Waals surface area contributed by atoms with Crippen molar-refractivity contribution in [3.05, 3.63) is 113 Å². The summed E-state index contributed by atoms with van der Waals surface area (Å²) in [5.74, 6) is -0.848. The van der Waals surface area contributed by atoms with Crippen molar-refractivity contribution in [1.82, 2.24) is 4.98 Å². The summed E-state index contributed by atoms with van der Waals surface area (Å²) >= 11 is 0. The molecule has 1 heterocycles. The van der Waals surface area contributed by atoms with Crippen LogP contribution in [0.15, 0.2) is 83.8 Å². The van der Waals surface area contributed by atoms with Crippen molar-refractivity contribution in [1.29, 1.82) is 0 Å². The first-order valence-corrected chi connectivity index (χ1v) is 14.0. The molecule has 1 aliphatic carbocycles. The second-order valence-corrected chi connectivity index (χ2v) is 11.7. The zero-order valence-corrected chi connectivity index (χ0v) is 22.1. The Labute approximate surface area is 224 Å². The van der Waals surface area contributed by atoms with Crippen LogP contribution in [-0.2, 0) is 22.6 Å². The Morgan fingerprint density at radius 3 is 2.31 bits per heavy atom. The predicted octanol–water partition coefficient (Wildman–Crippen LogP) is 7.91. The normalized spacial score (nSPS) is 15.4. The molecule has 0 radical (unpaired) electrons. The molecule has 4 nitrogen and oxygen atoms in total. The number of benzene rings is 3. The van der Waals surface area contributed by atoms with E-state index in [1.807, 2.05) is 24.3 Å². The Morgan fingerprint density at radius 1 is 0.923 bits per heavy atom. The summed E-state index contributed by atoms with van der Waals surface area (Å²) in [6, 6.07) is 20.0. The standard InChI is InChI=1S/C30H26F4N2O2S/c1-18(2)19-6-8-20(9-7-19)27-17-22(30(32,33)34)11-14-26(27)25-13-10-21-16-23(12-15-24(21)25)39(37,38)36-29-5-3-4-28(31)35-29/h3-9,11-12,14-18,25H,10,13H2,1-2H3,(H,35,36). The fourth-order valence-electron chi connectivity index (χ4n) is 5.08. The number of fused-ring (bicyclic) bond motifs is 1. The van der Waals surface area contributed by atoms with Crippen LogP contribution in [0.3, 0.4) is 0 Å². The summed E-state index contributed by atoms with van der Waals surface area (Å²) in [5, 5.41) is 0. The maximum atomic E-state index is 13.6. The molecule has 9 heteroatoms. The fourth-order valence-corrected chi connectivity index (χ4v) is 6.13. The molecule has 0 spiro atoms. The highest BCUT2D eigenvalue weighted by atomic mass is 32.2. The number of nitrogens with zero attached hydrogens (tertiary/aromatic N) is 1. The number of aromatic nitrogens is 1. The Balaban J connectivity index is 1.52. The Hall–Kier alpha value is -3.72. The number of anilines is 1. The van der Waals surface area contributed by atoms with Gasteiger partial charge in [-0.05, 0) is 88.5 Å². The Bertz CT molecular complexity index is 1630. The van der Waals surface area contributed by atoms with Gasteiger partial charge in [0.25, 0.3) is 10.0 Å². The van der Waals surface area contributed by atoms with Gasteiger partial charge in [-0.15, -0.1) is 0 Å². The van der Waals surface area contributed by atoms with Gasteiger partial charge in [0, 0.05) is 5.92 Å². The van der Waals surface area contributed by atoms with Gasteiger partial charge in [-0.25, -0.2) is 13.4 Å². The predicted molar refractivity (Wildman–Crippen MR) is 143 cm³/mol. The number of hydrogen-bond donors (Lipinski definition) is 1. The van der Waals surface area contributed by atoms with Crippen LogP contribution < -0.4 is 4.72 Å². The van der Waals surface area contributed by atoms with Gasteiger partial charge in [0.05, 0.1) is 10.5 Å². The monoisotopic (exact) mass is 554 g/mol. The first kappa shape index (κ1) is 26.9. The third kappa shape index (κ3) is 5.54. The number of nitrogens with one attached hydrogen (secondary N) is 1. The molecule has 39 heavy (non-hydrogen) atoms. The maximum Gasteiger partial charge on any atom is 0.416 e. The molecular formula is C30H26F4N2O2S. The third-order valence-electron chi connectivity index (χ3n) is 7.10. The number of pyridine rings is 1. The number of alkyl halides is 3. The molecule has 1 aromatic heterocycles. The van der Waals surface area contributed by atoms with Gasteiger partial charge in [0.1, 0.15) is 5.82 Å². The lowest BCUT2D eigenvalue weighted by Gasteiger charge is -2.20. The molecular weight excluding hydrogens is 528 g/mol. The lowest BCUT2D eigenvalue weighted by atomic mass is 9.85. The average molecular weight is 555 g/mol. The van der Waals surface area contributed by atoms with E-state index in [4.69, 9.17) is 0 Å². The highest BCUT2D eigenvalue weighted by molar-refractivity contribution is 7.92. The topological polar surface area (TPSA) is 59.1 Å². The molecule has 0 aliphatic heterocycles. The van der Waals surface area contributed by atoms with Gasteiger partial charge in [-0.1, -0.05) is 56.3 Å². The number of hydrogen-bond acceptors (Lipinski definition) is 3. The average Bonchev–Trinajstić information content (AvgIpc) is 3.31. The van der Waals surface area contributed by atoms with E-state index in [1.54, 1.807) is 12.1 Å². The van der Waals surface area contributed by atoms with E-state index in [1.165, 1.54) is 30.3 Å². The van der Waals surface area contributed by atoms with Crippen molar-refractivity contribution in [2.24, 2.45) is 0 Å².